The van der Waals surface area contributed by atoms with E-state index in [0.717, 1.165) is 50.1 Å². The molecule has 3 heteroatoms. The molecule has 284 valence electrons. The second-order valence-electron chi connectivity index (χ2n) is 16.4. The number of benzene rings is 9. The second kappa shape index (κ2) is 13.4. The van der Waals surface area contributed by atoms with Crippen LogP contribution in [-0.2, 0) is 5.41 Å². The lowest BCUT2D eigenvalue weighted by atomic mass is 9.82. The molecule has 12 rings (SSSR count). The molecule has 0 saturated heterocycles. The first kappa shape index (κ1) is 34.8. The summed E-state index contributed by atoms with van der Waals surface area (Å²) in [6.07, 6.45) is 0. The molecule has 2 aromatic heterocycles. The number of nitrogens with zero attached hydrogens (tertiary/aromatic N) is 1. The standard InChI is InChI=1S/C57H39NOS/c1-57(2)47-20-10-6-17-42(47)43-31-29-40(35-48(43)57)58(49-21-11-7-16-41(49)39-28-30-45-44-18-8-12-22-51(44)59-52(45)34-39)50-32-33-54-56(46-19-9-13-23-53(46)60-54)55(50)38-26-24-37(25-27-38)36-14-4-3-5-15-36/h3-35H,1-2H3. The molecule has 0 radical (unpaired) electrons. The Morgan fingerprint density at radius 3 is 1.93 bits per heavy atom. The van der Waals surface area contributed by atoms with Crippen LogP contribution < -0.4 is 4.90 Å². The highest BCUT2D eigenvalue weighted by molar-refractivity contribution is 7.26. The molecule has 9 aromatic carbocycles. The first-order valence-electron chi connectivity index (χ1n) is 20.7. The molecule has 1 aliphatic carbocycles. The van der Waals surface area contributed by atoms with Crippen molar-refractivity contribution in [3.8, 4) is 44.5 Å². The van der Waals surface area contributed by atoms with Crippen LogP contribution in [0.3, 0.4) is 0 Å². The molecule has 1 aliphatic rings. The predicted octanol–water partition coefficient (Wildman–Crippen LogP) is 16.7. The second-order valence-corrected chi connectivity index (χ2v) is 17.5. The molecule has 0 N–H and O–H groups in total. The lowest BCUT2D eigenvalue weighted by Crippen LogP contribution is -2.17. The summed E-state index contributed by atoms with van der Waals surface area (Å²) in [6.45, 7) is 4.73. The van der Waals surface area contributed by atoms with E-state index in [1.807, 2.05) is 17.4 Å². The molecule has 2 nitrogen and oxygen atoms in total. The topological polar surface area (TPSA) is 16.4 Å². The van der Waals surface area contributed by atoms with Gasteiger partial charge in [-0.2, -0.15) is 0 Å². The van der Waals surface area contributed by atoms with Crippen molar-refractivity contribution in [3.05, 3.63) is 211 Å². The van der Waals surface area contributed by atoms with E-state index in [9.17, 15) is 0 Å². The Morgan fingerprint density at radius 2 is 1.07 bits per heavy atom. The van der Waals surface area contributed by atoms with E-state index >= 15 is 0 Å². The third-order valence-corrected chi connectivity index (χ3v) is 13.8. The molecule has 0 atom stereocenters. The van der Waals surface area contributed by atoms with E-state index in [0.29, 0.717) is 0 Å². The maximum atomic E-state index is 6.47. The van der Waals surface area contributed by atoms with Gasteiger partial charge >= 0.3 is 0 Å². The fourth-order valence-corrected chi connectivity index (χ4v) is 10.9. The normalized spacial score (nSPS) is 13.0. The van der Waals surface area contributed by atoms with E-state index < -0.39 is 0 Å². The van der Waals surface area contributed by atoms with E-state index in [-0.39, 0.29) is 5.41 Å². The number of hydrogen-bond acceptors (Lipinski definition) is 3. The highest BCUT2D eigenvalue weighted by Gasteiger charge is 2.36. The molecule has 0 bridgehead atoms. The fraction of sp³-hybridized carbons (Fsp3) is 0.0526. The quantitative estimate of drug-likeness (QED) is 0.167. The number of para-hydroxylation sites is 2. The highest BCUT2D eigenvalue weighted by Crippen LogP contribution is 2.54. The average Bonchev–Trinajstić information content (AvgIpc) is 3.94. The van der Waals surface area contributed by atoms with E-state index in [2.05, 4.69) is 213 Å². The number of thiophene rings is 1. The molecule has 60 heavy (non-hydrogen) atoms. The smallest absolute Gasteiger partial charge is 0.136 e. The first-order valence-corrected chi connectivity index (χ1v) is 21.5. The van der Waals surface area contributed by atoms with Crippen LogP contribution in [-0.4, -0.2) is 0 Å². The van der Waals surface area contributed by atoms with Crippen molar-refractivity contribution in [1.82, 2.24) is 0 Å². The maximum Gasteiger partial charge on any atom is 0.136 e. The van der Waals surface area contributed by atoms with Gasteiger partial charge in [-0.3, -0.25) is 0 Å². The van der Waals surface area contributed by atoms with Gasteiger partial charge in [0, 0.05) is 53.2 Å². The van der Waals surface area contributed by atoms with E-state index in [1.165, 1.54) is 64.7 Å². The van der Waals surface area contributed by atoms with Crippen molar-refractivity contribution in [1.29, 1.82) is 0 Å². The molecule has 0 aliphatic heterocycles. The number of furan rings is 1. The Balaban J connectivity index is 1.14. The minimum Gasteiger partial charge on any atom is -0.456 e. The SMILES string of the molecule is CC1(C)c2ccccc2-c2ccc(N(c3ccccc3-c3ccc4c(c3)oc3ccccc34)c3ccc4sc5ccccc5c4c3-c3ccc(-c4ccccc4)cc3)cc21. The average molecular weight is 786 g/mol. The number of rotatable bonds is 6. The third kappa shape index (κ3) is 5.33. The molecular formula is C57H39NOS. The van der Waals surface area contributed by atoms with Crippen molar-refractivity contribution >= 4 is 70.5 Å². The Morgan fingerprint density at radius 1 is 0.417 bits per heavy atom. The van der Waals surface area contributed by atoms with Gasteiger partial charge in [-0.15, -0.1) is 11.3 Å². The van der Waals surface area contributed by atoms with Gasteiger partial charge in [0.2, 0.25) is 0 Å². The summed E-state index contributed by atoms with van der Waals surface area (Å²) in [6, 6.07) is 73.3. The fourth-order valence-electron chi connectivity index (χ4n) is 9.79. The Bertz CT molecular complexity index is 3460. The summed E-state index contributed by atoms with van der Waals surface area (Å²) in [4.78, 5) is 2.52. The van der Waals surface area contributed by atoms with Gasteiger partial charge in [0.25, 0.3) is 0 Å². The van der Waals surface area contributed by atoms with Crippen LogP contribution in [0, 0.1) is 0 Å². The summed E-state index contributed by atoms with van der Waals surface area (Å²) in [5, 5.41) is 4.81. The van der Waals surface area contributed by atoms with Crippen molar-refractivity contribution in [2.45, 2.75) is 19.3 Å². The number of anilines is 3. The Labute approximate surface area is 353 Å². The summed E-state index contributed by atoms with van der Waals surface area (Å²) in [7, 11) is 0. The van der Waals surface area contributed by atoms with Crippen LogP contribution in [0.5, 0.6) is 0 Å². The molecule has 0 saturated carbocycles. The minimum atomic E-state index is -0.164. The van der Waals surface area contributed by atoms with Crippen LogP contribution in [0.4, 0.5) is 17.1 Å². The van der Waals surface area contributed by atoms with E-state index in [1.54, 1.807) is 0 Å². The zero-order valence-corrected chi connectivity index (χ0v) is 34.1. The molecule has 0 spiro atoms. The van der Waals surface area contributed by atoms with Gasteiger partial charge in [-0.1, -0.05) is 159 Å². The minimum absolute atomic E-state index is 0.164. The molecule has 0 fully saturated rings. The predicted molar refractivity (Wildman–Crippen MR) is 255 cm³/mol. The zero-order chi connectivity index (χ0) is 40.0. The molecule has 0 unspecified atom stereocenters. The number of fused-ring (bicyclic) bond motifs is 9. The lowest BCUT2D eigenvalue weighted by molar-refractivity contribution is 0.660. The van der Waals surface area contributed by atoms with Crippen LogP contribution in [0.15, 0.2) is 205 Å². The Kier molecular flexibility index (Phi) is 7.79. The molecule has 2 heterocycles. The van der Waals surface area contributed by atoms with Crippen molar-refractivity contribution in [2.75, 3.05) is 4.90 Å². The summed E-state index contributed by atoms with van der Waals surface area (Å²) in [5.74, 6) is 0. The van der Waals surface area contributed by atoms with Crippen LogP contribution in [0.25, 0.3) is 86.6 Å². The molecule has 11 aromatic rings. The van der Waals surface area contributed by atoms with Crippen LogP contribution >= 0.6 is 11.3 Å². The van der Waals surface area contributed by atoms with Gasteiger partial charge in [0.15, 0.2) is 0 Å². The van der Waals surface area contributed by atoms with Gasteiger partial charge in [-0.25, -0.2) is 0 Å². The van der Waals surface area contributed by atoms with Crippen molar-refractivity contribution < 1.29 is 4.42 Å². The van der Waals surface area contributed by atoms with Crippen molar-refractivity contribution in [2.24, 2.45) is 0 Å². The third-order valence-electron chi connectivity index (χ3n) is 12.7. The summed E-state index contributed by atoms with van der Waals surface area (Å²) in [5.41, 5.74) is 17.3. The summed E-state index contributed by atoms with van der Waals surface area (Å²) < 4.78 is 9.04. The lowest BCUT2D eigenvalue weighted by Gasteiger charge is -2.31. The molecule has 0 amide bonds. The summed E-state index contributed by atoms with van der Waals surface area (Å²) >= 11 is 1.87. The van der Waals surface area contributed by atoms with Gasteiger partial charge < -0.3 is 9.32 Å². The van der Waals surface area contributed by atoms with Gasteiger partial charge in [0.1, 0.15) is 11.2 Å². The maximum absolute atomic E-state index is 6.47. The van der Waals surface area contributed by atoms with Gasteiger partial charge in [-0.05, 0) is 99.1 Å². The van der Waals surface area contributed by atoms with Crippen LogP contribution in [0.1, 0.15) is 25.0 Å². The van der Waals surface area contributed by atoms with E-state index in [4.69, 9.17) is 4.42 Å². The first-order chi connectivity index (χ1) is 29.5. The Hall–Kier alpha value is -7.20. The highest BCUT2D eigenvalue weighted by atomic mass is 32.1. The van der Waals surface area contributed by atoms with Crippen molar-refractivity contribution in [3.63, 3.8) is 0 Å². The zero-order valence-electron chi connectivity index (χ0n) is 33.3. The largest absolute Gasteiger partial charge is 0.456 e. The van der Waals surface area contributed by atoms with Gasteiger partial charge in [0.05, 0.1) is 11.4 Å². The molecular weight excluding hydrogens is 747 g/mol. The van der Waals surface area contributed by atoms with Crippen LogP contribution in [0.2, 0.25) is 0 Å². The monoisotopic (exact) mass is 785 g/mol. The number of hydrogen-bond donors (Lipinski definition) is 0.